The number of carbonyl (C=O) groups excluding carboxylic acids is 1. The Balaban J connectivity index is 1.28. The molecule has 0 unspecified atom stereocenters. The molecule has 5 rings (SSSR count). The van der Waals surface area contributed by atoms with Gasteiger partial charge in [0.05, 0.1) is 15.9 Å². The predicted molar refractivity (Wildman–Crippen MR) is 105 cm³/mol. The summed E-state index contributed by atoms with van der Waals surface area (Å²) in [4.78, 5) is 29.7. The quantitative estimate of drug-likeness (QED) is 0.559. The molecule has 3 aromatic rings. The number of imidazole rings is 1. The molecule has 1 saturated heterocycles. The second kappa shape index (κ2) is 6.55. The smallest absolute Gasteiger partial charge is 0.365 e. The minimum absolute atomic E-state index is 0.357. The standard InChI is InChI=1S/C19H17N5O2S/c25-18-15(20-17(26-18)16-6-3-11-27-16)12-23-7-9-24(10-8-23)19-21-13-4-1-2-5-14(13)22-19/h1-6,11-12H,7-10H2,(H,21,22). The number of piperazine rings is 1. The molecule has 2 aliphatic heterocycles. The average Bonchev–Trinajstić information content (AvgIpc) is 3.42. The molecule has 1 N–H and O–H groups in total. The Morgan fingerprint density at radius 2 is 1.96 bits per heavy atom. The summed E-state index contributed by atoms with van der Waals surface area (Å²) in [6.07, 6.45) is 1.80. The van der Waals surface area contributed by atoms with Gasteiger partial charge < -0.3 is 19.5 Å². The minimum atomic E-state index is -0.391. The van der Waals surface area contributed by atoms with E-state index < -0.39 is 5.97 Å². The van der Waals surface area contributed by atoms with Crippen LogP contribution in [0.1, 0.15) is 4.88 Å². The minimum Gasteiger partial charge on any atom is -0.401 e. The van der Waals surface area contributed by atoms with Gasteiger partial charge in [-0.25, -0.2) is 14.8 Å². The summed E-state index contributed by atoms with van der Waals surface area (Å²) in [7, 11) is 0. The second-order valence-corrected chi connectivity index (χ2v) is 7.35. The number of ether oxygens (including phenoxy) is 1. The Morgan fingerprint density at radius 1 is 1.11 bits per heavy atom. The molecule has 2 aromatic heterocycles. The molecule has 4 heterocycles. The fraction of sp³-hybridized carbons (Fsp3) is 0.211. The number of carbonyl (C=O) groups is 1. The lowest BCUT2D eigenvalue weighted by atomic mass is 10.3. The highest BCUT2D eigenvalue weighted by Crippen LogP contribution is 2.22. The van der Waals surface area contributed by atoms with Crippen molar-refractivity contribution in [2.24, 2.45) is 4.99 Å². The van der Waals surface area contributed by atoms with Gasteiger partial charge >= 0.3 is 5.97 Å². The number of H-pyrrole nitrogens is 1. The van der Waals surface area contributed by atoms with E-state index in [9.17, 15) is 4.79 Å². The van der Waals surface area contributed by atoms with Gasteiger partial charge in [0.15, 0.2) is 5.70 Å². The Morgan fingerprint density at radius 3 is 2.74 bits per heavy atom. The zero-order valence-corrected chi connectivity index (χ0v) is 15.3. The summed E-state index contributed by atoms with van der Waals surface area (Å²) in [5.74, 6) is 0.891. The topological polar surface area (TPSA) is 73.8 Å². The highest BCUT2D eigenvalue weighted by Gasteiger charge is 2.26. The van der Waals surface area contributed by atoms with E-state index in [4.69, 9.17) is 4.74 Å². The first kappa shape index (κ1) is 16.1. The number of anilines is 1. The van der Waals surface area contributed by atoms with Crippen LogP contribution in [0.5, 0.6) is 0 Å². The van der Waals surface area contributed by atoms with Crippen LogP contribution in [0.4, 0.5) is 5.95 Å². The summed E-state index contributed by atoms with van der Waals surface area (Å²) >= 11 is 1.50. The van der Waals surface area contributed by atoms with Crippen LogP contribution in [-0.4, -0.2) is 52.9 Å². The van der Waals surface area contributed by atoms with Crippen LogP contribution in [-0.2, 0) is 9.53 Å². The predicted octanol–water partition coefficient (Wildman–Crippen LogP) is 2.59. The first-order valence-electron chi connectivity index (χ1n) is 8.76. The number of benzene rings is 1. The lowest BCUT2D eigenvalue weighted by Gasteiger charge is -2.33. The molecule has 7 nitrogen and oxygen atoms in total. The number of aromatic nitrogens is 2. The number of cyclic esters (lactones) is 1. The molecular formula is C19H17N5O2S. The zero-order chi connectivity index (χ0) is 18.2. The van der Waals surface area contributed by atoms with Crippen molar-refractivity contribution in [3.05, 3.63) is 58.6 Å². The van der Waals surface area contributed by atoms with Crippen LogP contribution in [0.2, 0.25) is 0 Å². The molecule has 0 amide bonds. The third-order valence-electron chi connectivity index (χ3n) is 4.65. The van der Waals surface area contributed by atoms with Gasteiger partial charge in [-0.05, 0) is 23.6 Å². The number of aromatic amines is 1. The summed E-state index contributed by atoms with van der Waals surface area (Å²) < 4.78 is 5.29. The van der Waals surface area contributed by atoms with Crippen molar-refractivity contribution >= 4 is 40.2 Å². The molecule has 0 spiro atoms. The van der Waals surface area contributed by atoms with Gasteiger partial charge in [-0.15, -0.1) is 11.3 Å². The normalized spacial score (nSPS) is 19.0. The Bertz CT molecular complexity index is 1010. The summed E-state index contributed by atoms with van der Waals surface area (Å²) in [5, 5.41) is 1.94. The fourth-order valence-electron chi connectivity index (χ4n) is 3.23. The van der Waals surface area contributed by atoms with Gasteiger partial charge in [0.25, 0.3) is 0 Å². The molecule has 27 heavy (non-hydrogen) atoms. The largest absolute Gasteiger partial charge is 0.401 e. The number of rotatable bonds is 3. The van der Waals surface area contributed by atoms with Gasteiger partial charge in [0.1, 0.15) is 0 Å². The highest BCUT2D eigenvalue weighted by atomic mass is 32.1. The van der Waals surface area contributed by atoms with Crippen LogP contribution in [0.25, 0.3) is 11.0 Å². The molecule has 1 aromatic carbocycles. The SMILES string of the molecule is O=C1OC(c2cccs2)=NC1=CN1CCN(c2nc3ccccc3[nH]2)CC1. The number of para-hydroxylation sites is 2. The molecular weight excluding hydrogens is 362 g/mol. The van der Waals surface area contributed by atoms with E-state index in [1.54, 1.807) is 6.20 Å². The van der Waals surface area contributed by atoms with Crippen LogP contribution in [0.15, 0.2) is 58.7 Å². The molecule has 1 fully saturated rings. The number of thiophene rings is 1. The number of hydrogen-bond acceptors (Lipinski definition) is 7. The van der Waals surface area contributed by atoms with Gasteiger partial charge in [-0.1, -0.05) is 18.2 Å². The monoisotopic (exact) mass is 379 g/mol. The van der Waals surface area contributed by atoms with Crippen molar-refractivity contribution in [3.8, 4) is 0 Å². The zero-order valence-electron chi connectivity index (χ0n) is 14.5. The van der Waals surface area contributed by atoms with E-state index in [0.29, 0.717) is 11.6 Å². The van der Waals surface area contributed by atoms with E-state index in [1.807, 2.05) is 41.8 Å². The van der Waals surface area contributed by atoms with Gasteiger partial charge in [-0.3, -0.25) is 0 Å². The molecule has 0 radical (unpaired) electrons. The maximum atomic E-state index is 12.1. The fourth-order valence-corrected chi connectivity index (χ4v) is 3.88. The molecule has 0 bridgehead atoms. The maximum absolute atomic E-state index is 12.1. The second-order valence-electron chi connectivity index (χ2n) is 6.40. The first-order valence-corrected chi connectivity index (χ1v) is 9.64. The van der Waals surface area contributed by atoms with E-state index in [-0.39, 0.29) is 0 Å². The summed E-state index contributed by atoms with van der Waals surface area (Å²) in [6.45, 7) is 3.22. The summed E-state index contributed by atoms with van der Waals surface area (Å²) in [6, 6.07) is 11.8. The lowest BCUT2D eigenvalue weighted by Crippen LogP contribution is -2.44. The van der Waals surface area contributed by atoms with E-state index in [2.05, 4.69) is 24.8 Å². The van der Waals surface area contributed by atoms with Gasteiger partial charge in [-0.2, -0.15) is 0 Å². The van der Waals surface area contributed by atoms with E-state index >= 15 is 0 Å². The van der Waals surface area contributed by atoms with Crippen molar-refractivity contribution < 1.29 is 9.53 Å². The van der Waals surface area contributed by atoms with Crippen molar-refractivity contribution in [2.75, 3.05) is 31.1 Å². The molecule has 136 valence electrons. The molecule has 0 aliphatic carbocycles. The molecule has 2 aliphatic rings. The molecule has 0 saturated carbocycles. The van der Waals surface area contributed by atoms with Crippen molar-refractivity contribution in [3.63, 3.8) is 0 Å². The van der Waals surface area contributed by atoms with Gasteiger partial charge in [0, 0.05) is 32.4 Å². The first-order chi connectivity index (χ1) is 13.3. The van der Waals surface area contributed by atoms with Crippen LogP contribution in [0, 0.1) is 0 Å². The third kappa shape index (κ3) is 3.08. The number of nitrogens with one attached hydrogen (secondary N) is 1. The van der Waals surface area contributed by atoms with Crippen LogP contribution >= 0.6 is 11.3 Å². The van der Waals surface area contributed by atoms with Crippen molar-refractivity contribution in [1.82, 2.24) is 14.9 Å². The van der Waals surface area contributed by atoms with Crippen molar-refractivity contribution in [2.45, 2.75) is 0 Å². The number of hydrogen-bond donors (Lipinski definition) is 1. The lowest BCUT2D eigenvalue weighted by molar-refractivity contribution is -0.130. The number of nitrogens with zero attached hydrogens (tertiary/aromatic N) is 4. The van der Waals surface area contributed by atoms with Crippen molar-refractivity contribution in [1.29, 1.82) is 0 Å². The third-order valence-corrected chi connectivity index (χ3v) is 5.51. The average molecular weight is 379 g/mol. The Kier molecular flexibility index (Phi) is 3.90. The number of fused-ring (bicyclic) bond motifs is 1. The van der Waals surface area contributed by atoms with E-state index in [0.717, 1.165) is 48.0 Å². The Hall–Kier alpha value is -3.13. The van der Waals surface area contributed by atoms with Crippen LogP contribution in [0.3, 0.4) is 0 Å². The number of aliphatic imine (C=N–C) groups is 1. The summed E-state index contributed by atoms with van der Waals surface area (Å²) in [5.41, 5.74) is 2.37. The van der Waals surface area contributed by atoms with Crippen LogP contribution < -0.4 is 4.90 Å². The number of esters is 1. The molecule has 8 heteroatoms. The Labute approximate surface area is 159 Å². The highest BCUT2D eigenvalue weighted by molar-refractivity contribution is 7.12. The van der Waals surface area contributed by atoms with Gasteiger partial charge in [0.2, 0.25) is 11.8 Å². The van der Waals surface area contributed by atoms with E-state index in [1.165, 1.54) is 11.3 Å². The maximum Gasteiger partial charge on any atom is 0.365 e. The molecule has 0 atom stereocenters.